The highest BCUT2D eigenvalue weighted by Gasteiger charge is 2.30. The van der Waals surface area contributed by atoms with Crippen molar-refractivity contribution in [1.82, 2.24) is 21.3 Å². The third-order valence-corrected chi connectivity index (χ3v) is 4.99. The normalized spacial score (nSPS) is 13.2. The predicted molar refractivity (Wildman–Crippen MR) is 127 cm³/mol. The number of carboxylic acid groups (broad SMARTS) is 1. The van der Waals surface area contributed by atoms with E-state index >= 15 is 0 Å². The molecule has 34 heavy (non-hydrogen) atoms. The first-order chi connectivity index (χ1) is 16.1. The molecule has 10 nitrogen and oxygen atoms in total. The number of hydrogen-bond acceptors (Lipinski definition) is 5. The van der Waals surface area contributed by atoms with Gasteiger partial charge in [0, 0.05) is 19.9 Å². The van der Waals surface area contributed by atoms with Crippen molar-refractivity contribution >= 4 is 29.6 Å². The van der Waals surface area contributed by atoms with Crippen molar-refractivity contribution in [3.63, 3.8) is 0 Å². The summed E-state index contributed by atoms with van der Waals surface area (Å²) >= 11 is 0. The minimum absolute atomic E-state index is 0.0726. The Morgan fingerprint density at radius 1 is 0.941 bits per heavy atom. The SMILES string of the molecule is C=CC(=O)NC(CC(C)C)C(=O)N[C@@H](Cc1ccccc1)C(=O)N[C@@H](CCC(=O)NC)C(=O)O. The van der Waals surface area contributed by atoms with Crippen molar-refractivity contribution in [2.24, 2.45) is 5.92 Å². The summed E-state index contributed by atoms with van der Waals surface area (Å²) in [7, 11) is 1.43. The summed E-state index contributed by atoms with van der Waals surface area (Å²) < 4.78 is 0. The molecule has 0 fully saturated rings. The van der Waals surface area contributed by atoms with E-state index in [0.717, 1.165) is 11.6 Å². The molecule has 0 aliphatic heterocycles. The van der Waals surface area contributed by atoms with Gasteiger partial charge >= 0.3 is 5.97 Å². The summed E-state index contributed by atoms with van der Waals surface area (Å²) in [4.78, 5) is 61.0. The minimum atomic E-state index is -1.31. The van der Waals surface area contributed by atoms with Crippen molar-refractivity contribution in [1.29, 1.82) is 0 Å². The van der Waals surface area contributed by atoms with Gasteiger partial charge in [-0.05, 0) is 30.4 Å². The van der Waals surface area contributed by atoms with Crippen molar-refractivity contribution in [3.8, 4) is 0 Å². The van der Waals surface area contributed by atoms with Gasteiger partial charge in [-0.2, -0.15) is 0 Å². The Hall–Kier alpha value is -3.69. The summed E-state index contributed by atoms with van der Waals surface area (Å²) in [5.41, 5.74) is 0.746. The highest BCUT2D eigenvalue weighted by Crippen LogP contribution is 2.09. The van der Waals surface area contributed by atoms with Gasteiger partial charge in [0.05, 0.1) is 0 Å². The predicted octanol–water partition coefficient (Wildman–Crippen LogP) is 0.526. The zero-order chi connectivity index (χ0) is 25.7. The number of carbonyl (C=O) groups excluding carboxylic acids is 4. The molecule has 1 aromatic rings. The number of carboxylic acids is 1. The minimum Gasteiger partial charge on any atom is -0.480 e. The Balaban J connectivity index is 3.08. The largest absolute Gasteiger partial charge is 0.480 e. The molecule has 0 bridgehead atoms. The molecule has 3 atom stereocenters. The van der Waals surface area contributed by atoms with Crippen LogP contribution in [-0.2, 0) is 30.4 Å². The lowest BCUT2D eigenvalue weighted by atomic mass is 10.0. The van der Waals surface area contributed by atoms with Gasteiger partial charge in [-0.15, -0.1) is 0 Å². The van der Waals surface area contributed by atoms with Gasteiger partial charge in [0.2, 0.25) is 23.6 Å². The van der Waals surface area contributed by atoms with E-state index < -0.39 is 41.8 Å². The smallest absolute Gasteiger partial charge is 0.326 e. The molecule has 10 heteroatoms. The van der Waals surface area contributed by atoms with E-state index in [1.54, 1.807) is 30.3 Å². The molecule has 0 saturated carbocycles. The molecule has 0 heterocycles. The van der Waals surface area contributed by atoms with Crippen LogP contribution in [0.4, 0.5) is 0 Å². The highest BCUT2D eigenvalue weighted by atomic mass is 16.4. The monoisotopic (exact) mass is 474 g/mol. The molecule has 5 N–H and O–H groups in total. The van der Waals surface area contributed by atoms with E-state index in [9.17, 15) is 29.1 Å². The van der Waals surface area contributed by atoms with E-state index in [1.807, 2.05) is 13.8 Å². The van der Waals surface area contributed by atoms with Crippen LogP contribution >= 0.6 is 0 Å². The summed E-state index contributed by atoms with van der Waals surface area (Å²) in [6, 6.07) is 5.59. The number of hydrogen-bond donors (Lipinski definition) is 5. The summed E-state index contributed by atoms with van der Waals surface area (Å²) in [6.07, 6.45) is 1.28. The van der Waals surface area contributed by atoms with Gasteiger partial charge in [0.25, 0.3) is 0 Å². The van der Waals surface area contributed by atoms with Crippen LogP contribution in [0.2, 0.25) is 0 Å². The number of aliphatic carboxylic acids is 1. The number of rotatable bonds is 14. The number of benzene rings is 1. The first-order valence-electron chi connectivity index (χ1n) is 11.1. The number of nitrogens with one attached hydrogen (secondary N) is 4. The van der Waals surface area contributed by atoms with Crippen molar-refractivity contribution < 1.29 is 29.1 Å². The molecule has 1 unspecified atom stereocenters. The molecular weight excluding hydrogens is 440 g/mol. The van der Waals surface area contributed by atoms with Crippen molar-refractivity contribution in [2.75, 3.05) is 7.05 Å². The van der Waals surface area contributed by atoms with Crippen LogP contribution in [0.3, 0.4) is 0 Å². The quantitative estimate of drug-likeness (QED) is 0.248. The fourth-order valence-electron chi connectivity index (χ4n) is 3.20. The van der Waals surface area contributed by atoms with E-state index in [2.05, 4.69) is 27.8 Å². The molecule has 0 aromatic heterocycles. The van der Waals surface area contributed by atoms with E-state index in [4.69, 9.17) is 0 Å². The number of carbonyl (C=O) groups is 5. The lowest BCUT2D eigenvalue weighted by Crippen LogP contribution is -2.56. The molecular formula is C24H34N4O6. The molecule has 186 valence electrons. The zero-order valence-electron chi connectivity index (χ0n) is 19.8. The van der Waals surface area contributed by atoms with Crippen LogP contribution in [0.1, 0.15) is 38.7 Å². The van der Waals surface area contributed by atoms with Crippen LogP contribution in [0.15, 0.2) is 43.0 Å². The van der Waals surface area contributed by atoms with Crippen molar-refractivity contribution in [3.05, 3.63) is 48.6 Å². The topological polar surface area (TPSA) is 154 Å². The zero-order valence-corrected chi connectivity index (χ0v) is 19.8. The van der Waals surface area contributed by atoms with Crippen LogP contribution in [-0.4, -0.2) is 59.9 Å². The second-order valence-corrected chi connectivity index (χ2v) is 8.26. The maximum Gasteiger partial charge on any atom is 0.326 e. The Bertz CT molecular complexity index is 871. The average molecular weight is 475 g/mol. The second-order valence-electron chi connectivity index (χ2n) is 8.26. The molecule has 0 spiro atoms. The van der Waals surface area contributed by atoms with Gasteiger partial charge in [0.15, 0.2) is 0 Å². The maximum absolute atomic E-state index is 13.0. The fourth-order valence-corrected chi connectivity index (χ4v) is 3.20. The highest BCUT2D eigenvalue weighted by molar-refractivity contribution is 5.95. The van der Waals surface area contributed by atoms with Gasteiger partial charge in [0.1, 0.15) is 18.1 Å². The van der Waals surface area contributed by atoms with E-state index in [-0.39, 0.29) is 31.1 Å². The van der Waals surface area contributed by atoms with Gasteiger partial charge < -0.3 is 26.4 Å². The van der Waals surface area contributed by atoms with E-state index in [1.165, 1.54) is 7.05 Å². The molecule has 0 aliphatic rings. The lowest BCUT2D eigenvalue weighted by molar-refractivity contribution is -0.142. The lowest BCUT2D eigenvalue weighted by Gasteiger charge is -2.25. The van der Waals surface area contributed by atoms with Gasteiger partial charge in [-0.3, -0.25) is 19.2 Å². The molecule has 0 aliphatic carbocycles. The standard InChI is InChI=1S/C24H34N4O6/c1-5-20(29)26-18(13-15(2)3)22(31)28-19(14-16-9-7-6-8-10-16)23(32)27-17(24(33)34)11-12-21(30)25-4/h5-10,15,17-19H,1,11-14H2,2-4H3,(H,25,30)(H,26,29)(H,27,32)(H,28,31)(H,33,34)/t17-,18?,19-/m0/s1. The van der Waals surface area contributed by atoms with Gasteiger partial charge in [-0.1, -0.05) is 50.8 Å². The first kappa shape index (κ1) is 28.3. The third-order valence-electron chi connectivity index (χ3n) is 4.99. The molecule has 1 rings (SSSR count). The number of amides is 4. The Morgan fingerprint density at radius 3 is 2.06 bits per heavy atom. The molecule has 0 saturated heterocycles. The third kappa shape index (κ3) is 10.3. The Morgan fingerprint density at radius 2 is 1.53 bits per heavy atom. The van der Waals surface area contributed by atoms with Crippen molar-refractivity contribution in [2.45, 2.75) is 57.7 Å². The first-order valence-corrected chi connectivity index (χ1v) is 11.1. The molecule has 1 aromatic carbocycles. The van der Waals surface area contributed by atoms with Crippen LogP contribution < -0.4 is 21.3 Å². The average Bonchev–Trinajstić information content (AvgIpc) is 2.80. The summed E-state index contributed by atoms with van der Waals surface area (Å²) in [6.45, 7) is 7.16. The van der Waals surface area contributed by atoms with Gasteiger partial charge in [-0.25, -0.2) is 4.79 Å². The van der Waals surface area contributed by atoms with Crippen LogP contribution in [0.25, 0.3) is 0 Å². The second kappa shape index (κ2) is 14.5. The van der Waals surface area contributed by atoms with Crippen LogP contribution in [0.5, 0.6) is 0 Å². The summed E-state index contributed by atoms with van der Waals surface area (Å²) in [5, 5.41) is 19.5. The summed E-state index contributed by atoms with van der Waals surface area (Å²) in [5.74, 6) is -3.38. The Kier molecular flexibility index (Phi) is 12.1. The molecule has 0 radical (unpaired) electrons. The van der Waals surface area contributed by atoms with E-state index in [0.29, 0.717) is 6.42 Å². The van der Waals surface area contributed by atoms with Crippen LogP contribution in [0, 0.1) is 5.92 Å². The molecule has 4 amide bonds. The Labute approximate surface area is 199 Å². The fraction of sp³-hybridized carbons (Fsp3) is 0.458. The maximum atomic E-state index is 13.0.